The van der Waals surface area contributed by atoms with E-state index >= 15 is 0 Å². The van der Waals surface area contributed by atoms with Crippen LogP contribution in [0.2, 0.25) is 0 Å². The second kappa shape index (κ2) is 30.5. The summed E-state index contributed by atoms with van der Waals surface area (Å²) in [6.45, 7) is 0. The Morgan fingerprint density at radius 1 is 0.372 bits per heavy atom. The molecule has 0 spiro atoms. The van der Waals surface area contributed by atoms with Crippen molar-refractivity contribution in [3.63, 3.8) is 0 Å². The quantitative estimate of drug-likeness (QED) is 0.0588. The molecule has 0 aromatic heterocycles. The second-order valence-electron chi connectivity index (χ2n) is 23.8. The summed E-state index contributed by atoms with van der Waals surface area (Å²) in [5.41, 5.74) is 0. The molecule has 0 heterocycles. The molecule has 0 aliphatic heterocycles. The maximum atomic E-state index is 13.1. The summed E-state index contributed by atoms with van der Waals surface area (Å²) in [7, 11) is -11.2. The van der Waals surface area contributed by atoms with E-state index in [-0.39, 0.29) is 75.2 Å². The lowest BCUT2D eigenvalue weighted by atomic mass is 9.78. The van der Waals surface area contributed by atoms with Crippen LogP contribution in [0.1, 0.15) is 141 Å². The van der Waals surface area contributed by atoms with E-state index in [9.17, 15) is 39.4 Å². The second-order valence-corrected chi connectivity index (χ2v) is 34.0. The largest absolute Gasteiger partial charge is 1.00 e. The molecule has 6 aromatic rings. The van der Waals surface area contributed by atoms with Crippen molar-refractivity contribution in [3.05, 3.63) is 170 Å². The van der Waals surface area contributed by atoms with Crippen LogP contribution in [-0.4, -0.2) is 69.7 Å². The van der Waals surface area contributed by atoms with E-state index in [0.717, 1.165) is 138 Å². The fourth-order valence-electron chi connectivity index (χ4n) is 13.9. The summed E-state index contributed by atoms with van der Waals surface area (Å²) in [5.74, 6) is -3.19. The molecule has 6 aliphatic carbocycles. The van der Waals surface area contributed by atoms with E-state index in [0.29, 0.717) is 16.2 Å². The Morgan fingerprint density at radius 3 is 0.977 bits per heavy atom. The summed E-state index contributed by atoms with van der Waals surface area (Å²) < 4.78 is 96.9. The third kappa shape index (κ3) is 16.1. The van der Waals surface area contributed by atoms with Gasteiger partial charge in [0.05, 0.1) is 59.2 Å². The molecule has 12 rings (SSSR count). The number of benzene rings is 6. The average molecular weight is 1280 g/mol. The van der Waals surface area contributed by atoms with Gasteiger partial charge in [0.1, 0.15) is 12.2 Å². The molecule has 6 aromatic carbocycles. The van der Waals surface area contributed by atoms with Gasteiger partial charge in [-0.1, -0.05) is 124 Å². The van der Waals surface area contributed by atoms with Gasteiger partial charge in [-0.15, -0.1) is 0 Å². The number of hydrogen-bond acceptors (Lipinski definition) is 10. The zero-order valence-electron chi connectivity index (χ0n) is 48.9. The van der Waals surface area contributed by atoms with Crippen molar-refractivity contribution >= 4 is 63.5 Å². The highest BCUT2D eigenvalue weighted by Crippen LogP contribution is 2.55. The number of fused-ring (bicyclic) bond motifs is 2. The lowest BCUT2D eigenvalue weighted by Gasteiger charge is -2.34. The number of carbonyl (C=O) groups excluding carboxylic acids is 2. The molecule has 460 valence electrons. The predicted octanol–water partition coefficient (Wildman–Crippen LogP) is 12.0. The highest BCUT2D eigenvalue weighted by Gasteiger charge is 2.62. The SMILES string of the molecule is O=C(OC1CCCCC1)C1C2CC(C1C(=O)OC1CCCCC1)C(S(=O)(=O)O)C2.O=S(=O)(c1ccc([S+](c2ccccc2)c2ccccc2)cc1)C1CCCCC1.O=S(=O)(c1ccc([S+](c2ccccc2)c2ccccc2)cc1)C1CCCCC1.[Cl-]. The van der Waals surface area contributed by atoms with E-state index in [1.165, 1.54) is 19.6 Å². The van der Waals surface area contributed by atoms with Gasteiger partial charge < -0.3 is 21.9 Å². The standard InChI is InChI=1S/2C24H25O2S2.C21H32O7S.ClH/c2*25-28(26,23-14-8-3-9-15-23)24-18-16-22(17-19-24)27(20-10-4-1-5-11-20)21-12-6-2-7-13-21;22-20(27-14-7-3-1-4-8-14)18-13-11-16(17(12-13)29(24,25)26)19(18)21(23)28-15-9-5-2-6-10-15;/h2*1-2,4-7,10-13,16-19,23H,3,8-9,14-15H2;13-19H,1-12H2,(H,24,25,26);1H/q2*+1;;/p-1. The van der Waals surface area contributed by atoms with Gasteiger partial charge >= 0.3 is 11.9 Å². The Bertz CT molecular complexity index is 3200. The molecule has 6 saturated carbocycles. The molecule has 6 aliphatic rings. The van der Waals surface area contributed by atoms with Crippen LogP contribution in [0.5, 0.6) is 0 Å². The lowest BCUT2D eigenvalue weighted by molar-refractivity contribution is -0.170. The van der Waals surface area contributed by atoms with Gasteiger partial charge in [0, 0.05) is 0 Å². The Balaban J connectivity index is 0.000000153. The van der Waals surface area contributed by atoms with Crippen LogP contribution in [0.3, 0.4) is 0 Å². The molecular formula is C69H82ClO11S5+. The third-order valence-electron chi connectivity index (χ3n) is 18.2. The lowest BCUT2D eigenvalue weighted by Crippen LogP contribution is -3.00. The molecule has 1 N–H and O–H groups in total. The first-order valence-corrected chi connectivity index (χ1v) is 38.0. The van der Waals surface area contributed by atoms with Gasteiger partial charge in [-0.2, -0.15) is 8.42 Å². The van der Waals surface area contributed by atoms with E-state index in [1.54, 1.807) is 0 Å². The summed E-state index contributed by atoms with van der Waals surface area (Å²) in [4.78, 5) is 34.2. The van der Waals surface area contributed by atoms with Crippen molar-refractivity contribution in [2.24, 2.45) is 23.7 Å². The molecule has 6 fully saturated rings. The van der Waals surface area contributed by atoms with Crippen LogP contribution < -0.4 is 12.4 Å². The normalized spacial score (nSPS) is 22.3. The minimum atomic E-state index is -4.27. The minimum absolute atomic E-state index is 0. The monoisotopic (exact) mass is 1280 g/mol. The fourth-order valence-corrected chi connectivity index (χ4v) is 23.0. The number of esters is 2. The van der Waals surface area contributed by atoms with E-state index in [1.807, 2.05) is 72.8 Å². The fraction of sp³-hybridized carbons (Fsp3) is 0.449. The van der Waals surface area contributed by atoms with Crippen molar-refractivity contribution in [1.82, 2.24) is 0 Å². The highest BCUT2D eigenvalue weighted by atomic mass is 35.5. The smallest absolute Gasteiger partial charge is 0.310 e. The number of halogens is 1. The first-order chi connectivity index (χ1) is 41.2. The van der Waals surface area contributed by atoms with Crippen LogP contribution in [0.15, 0.2) is 209 Å². The van der Waals surface area contributed by atoms with Crippen LogP contribution >= 0.6 is 0 Å². The first kappa shape index (κ1) is 65.5. The Labute approximate surface area is 523 Å². The van der Waals surface area contributed by atoms with Gasteiger partial charge in [0.2, 0.25) is 0 Å². The van der Waals surface area contributed by atoms with Gasteiger partial charge in [0.25, 0.3) is 10.1 Å². The molecular weight excluding hydrogens is 1200 g/mol. The van der Waals surface area contributed by atoms with Crippen molar-refractivity contribution in [1.29, 1.82) is 0 Å². The van der Waals surface area contributed by atoms with E-state index in [4.69, 9.17) is 9.47 Å². The maximum Gasteiger partial charge on any atom is 0.310 e. The molecule has 86 heavy (non-hydrogen) atoms. The average Bonchev–Trinajstić information content (AvgIpc) is 1.81. The first-order valence-electron chi connectivity index (χ1n) is 30.9. The molecule has 0 radical (unpaired) electrons. The number of rotatable bonds is 15. The van der Waals surface area contributed by atoms with Crippen LogP contribution in [-0.2, 0) is 70.6 Å². The zero-order valence-corrected chi connectivity index (χ0v) is 53.7. The van der Waals surface area contributed by atoms with Crippen LogP contribution in [0, 0.1) is 23.7 Å². The van der Waals surface area contributed by atoms with Crippen molar-refractivity contribution in [2.75, 3.05) is 0 Å². The number of carbonyl (C=O) groups is 2. The Hall–Kier alpha value is -4.94. The summed E-state index contributed by atoms with van der Waals surface area (Å²) in [5, 5.41) is -1.42. The summed E-state index contributed by atoms with van der Waals surface area (Å²) in [6, 6.07) is 56.9. The predicted molar refractivity (Wildman–Crippen MR) is 336 cm³/mol. The number of sulfone groups is 2. The molecule has 17 heteroatoms. The molecule has 0 saturated heterocycles. The van der Waals surface area contributed by atoms with Gasteiger partial charge in [-0.05, 0) is 199 Å². The number of ether oxygens (including phenoxy) is 2. The van der Waals surface area contributed by atoms with Crippen LogP contribution in [0.25, 0.3) is 0 Å². The van der Waals surface area contributed by atoms with Gasteiger partial charge in [-0.3, -0.25) is 14.1 Å². The van der Waals surface area contributed by atoms with Gasteiger partial charge in [-0.25, -0.2) is 16.8 Å². The maximum absolute atomic E-state index is 13.1. The van der Waals surface area contributed by atoms with E-state index < -0.39 is 58.8 Å². The molecule has 11 nitrogen and oxygen atoms in total. The Morgan fingerprint density at radius 2 is 0.663 bits per heavy atom. The van der Waals surface area contributed by atoms with E-state index in [2.05, 4.69) is 97.1 Å². The summed E-state index contributed by atoms with van der Waals surface area (Å²) in [6.07, 6.45) is 19.6. The zero-order chi connectivity index (χ0) is 59.4. The van der Waals surface area contributed by atoms with Gasteiger partial charge in [0.15, 0.2) is 49.0 Å². The molecule has 5 atom stereocenters. The number of hydrogen-bond donors (Lipinski definition) is 1. The minimum Gasteiger partial charge on any atom is -1.00 e. The molecule has 0 amide bonds. The van der Waals surface area contributed by atoms with Crippen molar-refractivity contribution in [2.45, 2.75) is 208 Å². The Kier molecular flexibility index (Phi) is 23.2. The van der Waals surface area contributed by atoms with Crippen molar-refractivity contribution in [3.8, 4) is 0 Å². The van der Waals surface area contributed by atoms with Crippen LogP contribution in [0.4, 0.5) is 0 Å². The third-order valence-corrected chi connectivity index (χ3v) is 28.5. The van der Waals surface area contributed by atoms with Crippen molar-refractivity contribution < 1.29 is 61.3 Å². The summed E-state index contributed by atoms with van der Waals surface area (Å²) >= 11 is 0. The molecule has 5 unspecified atom stereocenters. The topological polar surface area (TPSA) is 175 Å². The highest BCUT2D eigenvalue weighted by molar-refractivity contribution is 7.97. The molecule has 2 bridgehead atoms.